The largest absolute Gasteiger partial charge is 0.245 e. The molecule has 1 aromatic heterocycles. The Kier molecular flexibility index (Phi) is 4.09. The second-order valence-corrected chi connectivity index (χ2v) is 8.60. The van der Waals surface area contributed by atoms with Crippen molar-refractivity contribution >= 4 is 21.4 Å². The fourth-order valence-corrected chi connectivity index (χ4v) is 5.19. The van der Waals surface area contributed by atoms with E-state index in [1.165, 1.54) is 12.8 Å². The minimum Gasteiger partial charge on any atom is -0.245 e. The zero-order valence-electron chi connectivity index (χ0n) is 13.0. The summed E-state index contributed by atoms with van der Waals surface area (Å²) in [6, 6.07) is 3.80. The molecule has 0 unspecified atom stereocenters. The molecule has 2 aromatic rings. The molecule has 1 fully saturated rings. The lowest BCUT2D eigenvalue weighted by atomic mass is 10.1. The van der Waals surface area contributed by atoms with Gasteiger partial charge in [0.15, 0.2) is 0 Å². The summed E-state index contributed by atoms with van der Waals surface area (Å²) < 4.78 is 27.8. The molecule has 0 spiro atoms. The standard InChI is InChI=1S/C16H20N2O2S2/c1-10-6-11(2)15(12(3)7-10)22(19,20)17-8-14-9-21-16(18-14)13-4-5-13/h6-7,9,13,17H,4-5,8H2,1-3H3. The SMILES string of the molecule is Cc1cc(C)c(S(=O)(=O)NCc2csc(C3CC3)n2)c(C)c1. The Balaban J connectivity index is 1.78. The van der Waals surface area contributed by atoms with E-state index in [1.54, 1.807) is 11.3 Å². The van der Waals surface area contributed by atoms with Crippen LogP contribution in [-0.4, -0.2) is 13.4 Å². The lowest BCUT2D eigenvalue weighted by molar-refractivity contribution is 0.579. The number of sulfonamides is 1. The Hall–Kier alpha value is -1.24. The molecule has 6 heteroatoms. The molecule has 1 aliphatic carbocycles. The van der Waals surface area contributed by atoms with Gasteiger partial charge in [-0.15, -0.1) is 11.3 Å². The van der Waals surface area contributed by atoms with E-state index < -0.39 is 10.0 Å². The first-order chi connectivity index (χ1) is 10.4. The lowest BCUT2D eigenvalue weighted by Gasteiger charge is -2.12. The topological polar surface area (TPSA) is 59.1 Å². The van der Waals surface area contributed by atoms with E-state index in [0.717, 1.165) is 27.4 Å². The van der Waals surface area contributed by atoms with Crippen LogP contribution in [-0.2, 0) is 16.6 Å². The number of hydrogen-bond donors (Lipinski definition) is 1. The van der Waals surface area contributed by atoms with Crippen molar-refractivity contribution in [3.8, 4) is 0 Å². The predicted octanol–water partition coefficient (Wildman–Crippen LogP) is 3.42. The Morgan fingerprint density at radius 2 is 1.86 bits per heavy atom. The van der Waals surface area contributed by atoms with Gasteiger partial charge in [0.2, 0.25) is 10.0 Å². The fraction of sp³-hybridized carbons (Fsp3) is 0.438. The van der Waals surface area contributed by atoms with Crippen molar-refractivity contribution in [1.29, 1.82) is 0 Å². The van der Waals surface area contributed by atoms with Crippen molar-refractivity contribution in [3.05, 3.63) is 44.9 Å². The molecule has 0 aliphatic heterocycles. The second-order valence-electron chi connectivity index (χ2n) is 6.00. The summed E-state index contributed by atoms with van der Waals surface area (Å²) >= 11 is 1.63. The molecule has 0 amide bonds. The van der Waals surface area contributed by atoms with Crippen LogP contribution >= 0.6 is 11.3 Å². The molecule has 1 saturated carbocycles. The summed E-state index contributed by atoms with van der Waals surface area (Å²) in [5.41, 5.74) is 3.43. The molecule has 4 nitrogen and oxygen atoms in total. The highest BCUT2D eigenvalue weighted by atomic mass is 32.2. The van der Waals surface area contributed by atoms with Crippen LogP contribution in [0.15, 0.2) is 22.4 Å². The Labute approximate surface area is 135 Å². The van der Waals surface area contributed by atoms with Gasteiger partial charge in [0.25, 0.3) is 0 Å². The smallest absolute Gasteiger partial charge is 0.241 e. The van der Waals surface area contributed by atoms with Gasteiger partial charge in [-0.25, -0.2) is 18.1 Å². The number of thiazole rings is 1. The Morgan fingerprint density at radius 3 is 2.45 bits per heavy atom. The van der Waals surface area contributed by atoms with E-state index >= 15 is 0 Å². The lowest BCUT2D eigenvalue weighted by Crippen LogP contribution is -2.25. The van der Waals surface area contributed by atoms with E-state index in [-0.39, 0.29) is 6.54 Å². The van der Waals surface area contributed by atoms with Crippen LogP contribution < -0.4 is 4.72 Å². The third-order valence-corrected chi connectivity index (χ3v) is 6.57. The van der Waals surface area contributed by atoms with Gasteiger partial charge in [0.1, 0.15) is 0 Å². The van der Waals surface area contributed by atoms with Crippen LogP contribution in [0.3, 0.4) is 0 Å². The van der Waals surface area contributed by atoms with Crippen LogP contribution in [0.1, 0.15) is 46.2 Å². The Bertz CT molecular complexity index is 782. The van der Waals surface area contributed by atoms with Crippen LogP contribution in [0.2, 0.25) is 0 Å². The van der Waals surface area contributed by atoms with E-state index in [2.05, 4.69) is 9.71 Å². The summed E-state index contributed by atoms with van der Waals surface area (Å²) in [6.07, 6.45) is 2.42. The van der Waals surface area contributed by atoms with Gasteiger partial charge >= 0.3 is 0 Å². The van der Waals surface area contributed by atoms with Gasteiger partial charge in [-0.3, -0.25) is 0 Å². The molecule has 0 radical (unpaired) electrons. The van der Waals surface area contributed by atoms with Crippen LogP contribution in [0.25, 0.3) is 0 Å². The highest BCUT2D eigenvalue weighted by molar-refractivity contribution is 7.89. The van der Waals surface area contributed by atoms with Gasteiger partial charge < -0.3 is 0 Å². The fourth-order valence-electron chi connectivity index (χ4n) is 2.75. The van der Waals surface area contributed by atoms with Gasteiger partial charge in [-0.1, -0.05) is 17.7 Å². The highest BCUT2D eigenvalue weighted by Crippen LogP contribution is 2.41. The molecule has 1 heterocycles. The zero-order chi connectivity index (χ0) is 15.9. The molecule has 118 valence electrons. The van der Waals surface area contributed by atoms with Gasteiger partial charge in [0, 0.05) is 11.3 Å². The minimum absolute atomic E-state index is 0.248. The van der Waals surface area contributed by atoms with E-state index in [9.17, 15) is 8.42 Å². The van der Waals surface area contributed by atoms with Crippen molar-refractivity contribution in [3.63, 3.8) is 0 Å². The van der Waals surface area contributed by atoms with Crippen molar-refractivity contribution in [1.82, 2.24) is 9.71 Å². The summed E-state index contributed by atoms with van der Waals surface area (Å²) in [5.74, 6) is 0.608. The molecule has 0 saturated heterocycles. The predicted molar refractivity (Wildman–Crippen MR) is 88.8 cm³/mol. The average Bonchev–Trinajstić information content (AvgIpc) is 3.14. The second kappa shape index (κ2) is 5.76. The quantitative estimate of drug-likeness (QED) is 0.910. The van der Waals surface area contributed by atoms with Crippen molar-refractivity contribution in [2.45, 2.75) is 51.0 Å². The molecule has 3 rings (SSSR count). The van der Waals surface area contributed by atoms with Gasteiger partial charge in [-0.2, -0.15) is 0 Å². The van der Waals surface area contributed by atoms with Crippen molar-refractivity contribution in [2.75, 3.05) is 0 Å². The molecule has 1 N–H and O–H groups in total. The molecule has 1 aromatic carbocycles. The number of aromatic nitrogens is 1. The normalized spacial score (nSPS) is 15.2. The van der Waals surface area contributed by atoms with E-state index in [0.29, 0.717) is 10.8 Å². The number of aryl methyl sites for hydroxylation is 3. The van der Waals surface area contributed by atoms with Crippen LogP contribution in [0.4, 0.5) is 0 Å². The van der Waals surface area contributed by atoms with Crippen molar-refractivity contribution in [2.24, 2.45) is 0 Å². The first kappa shape index (κ1) is 15.6. The summed E-state index contributed by atoms with van der Waals surface area (Å²) in [7, 11) is -3.52. The maximum atomic E-state index is 12.6. The van der Waals surface area contributed by atoms with Gasteiger partial charge in [0.05, 0.1) is 22.1 Å². The maximum absolute atomic E-state index is 12.6. The maximum Gasteiger partial charge on any atom is 0.241 e. The number of hydrogen-bond acceptors (Lipinski definition) is 4. The number of nitrogens with zero attached hydrogens (tertiary/aromatic N) is 1. The Morgan fingerprint density at radius 1 is 1.23 bits per heavy atom. The molecule has 1 aliphatic rings. The third-order valence-electron chi connectivity index (χ3n) is 3.81. The van der Waals surface area contributed by atoms with E-state index in [1.807, 2.05) is 38.3 Å². The van der Waals surface area contributed by atoms with Crippen LogP contribution in [0.5, 0.6) is 0 Å². The summed E-state index contributed by atoms with van der Waals surface area (Å²) in [4.78, 5) is 4.90. The highest BCUT2D eigenvalue weighted by Gasteiger charge is 2.27. The van der Waals surface area contributed by atoms with Crippen molar-refractivity contribution < 1.29 is 8.42 Å². The molecule has 0 atom stereocenters. The first-order valence-electron chi connectivity index (χ1n) is 7.38. The molecular weight excluding hydrogens is 316 g/mol. The minimum atomic E-state index is -3.52. The molecule has 0 bridgehead atoms. The number of rotatable bonds is 5. The molecular formula is C16H20N2O2S2. The zero-order valence-corrected chi connectivity index (χ0v) is 14.6. The first-order valence-corrected chi connectivity index (χ1v) is 9.75. The average molecular weight is 336 g/mol. The third kappa shape index (κ3) is 3.24. The summed E-state index contributed by atoms with van der Waals surface area (Å²) in [5, 5.41) is 3.09. The summed E-state index contributed by atoms with van der Waals surface area (Å²) in [6.45, 7) is 5.89. The number of benzene rings is 1. The van der Waals surface area contributed by atoms with Gasteiger partial charge in [-0.05, 0) is 44.7 Å². The monoisotopic (exact) mass is 336 g/mol. The number of nitrogens with one attached hydrogen (secondary N) is 1. The van der Waals surface area contributed by atoms with E-state index in [4.69, 9.17) is 0 Å². The van der Waals surface area contributed by atoms with Crippen LogP contribution in [0, 0.1) is 20.8 Å². The molecule has 22 heavy (non-hydrogen) atoms.